The Labute approximate surface area is 124 Å². The third-order valence-electron chi connectivity index (χ3n) is 5.81. The minimum atomic E-state index is 0.423. The molecule has 1 saturated carbocycles. The van der Waals surface area contributed by atoms with Gasteiger partial charge in [-0.3, -0.25) is 4.90 Å². The van der Waals surface area contributed by atoms with Crippen LogP contribution in [0.4, 0.5) is 0 Å². The summed E-state index contributed by atoms with van der Waals surface area (Å²) in [6.45, 7) is 9.22. The molecule has 2 unspecified atom stereocenters. The molecule has 0 aromatic heterocycles. The zero-order valence-electron chi connectivity index (χ0n) is 13.3. The lowest BCUT2D eigenvalue weighted by molar-refractivity contribution is -0.0483. The van der Waals surface area contributed by atoms with Crippen molar-refractivity contribution in [2.24, 2.45) is 11.8 Å². The van der Waals surface area contributed by atoms with Crippen LogP contribution in [-0.2, 0) is 4.74 Å². The molecule has 0 amide bonds. The van der Waals surface area contributed by atoms with Gasteiger partial charge in [-0.15, -0.1) is 0 Å². The summed E-state index contributed by atoms with van der Waals surface area (Å²) >= 11 is 0. The highest BCUT2D eigenvalue weighted by atomic mass is 16.5. The first-order chi connectivity index (χ1) is 9.72. The normalized spacial score (nSPS) is 39.1. The van der Waals surface area contributed by atoms with E-state index in [0.29, 0.717) is 6.10 Å². The molecular weight excluding hydrogens is 248 g/mol. The van der Waals surface area contributed by atoms with Crippen molar-refractivity contribution in [1.29, 1.82) is 0 Å². The highest BCUT2D eigenvalue weighted by Crippen LogP contribution is 2.30. The van der Waals surface area contributed by atoms with E-state index in [1.807, 2.05) is 0 Å². The van der Waals surface area contributed by atoms with Crippen LogP contribution in [0.25, 0.3) is 0 Å². The maximum absolute atomic E-state index is 6.04. The van der Waals surface area contributed by atoms with Crippen molar-refractivity contribution < 1.29 is 4.74 Å². The molecule has 3 nitrogen and oxygen atoms in total. The molecule has 2 heterocycles. The minimum Gasteiger partial charge on any atom is -0.374 e. The van der Waals surface area contributed by atoms with Gasteiger partial charge in [-0.1, -0.05) is 13.8 Å². The van der Waals surface area contributed by atoms with E-state index >= 15 is 0 Å². The molecule has 2 atom stereocenters. The van der Waals surface area contributed by atoms with E-state index in [-0.39, 0.29) is 0 Å². The van der Waals surface area contributed by atoms with Crippen molar-refractivity contribution in [3.63, 3.8) is 0 Å². The Bertz CT molecular complexity index is 299. The Hall–Kier alpha value is -0.120. The first-order valence-electron chi connectivity index (χ1n) is 8.81. The fourth-order valence-corrected chi connectivity index (χ4v) is 4.30. The van der Waals surface area contributed by atoms with Gasteiger partial charge in [0.05, 0.1) is 12.7 Å². The third kappa shape index (κ3) is 3.55. The van der Waals surface area contributed by atoms with E-state index in [9.17, 15) is 0 Å². The fourth-order valence-electron chi connectivity index (χ4n) is 4.30. The zero-order valence-corrected chi connectivity index (χ0v) is 13.3. The Morgan fingerprint density at radius 1 is 1.15 bits per heavy atom. The van der Waals surface area contributed by atoms with Gasteiger partial charge in [0.2, 0.25) is 0 Å². The van der Waals surface area contributed by atoms with Crippen molar-refractivity contribution in [2.45, 2.75) is 70.6 Å². The minimum absolute atomic E-state index is 0.423. The molecule has 3 fully saturated rings. The second-order valence-electron chi connectivity index (χ2n) is 7.51. The monoisotopic (exact) mass is 280 g/mol. The molecule has 2 saturated heterocycles. The maximum atomic E-state index is 6.04. The molecule has 116 valence electrons. The van der Waals surface area contributed by atoms with Crippen LogP contribution in [0.15, 0.2) is 0 Å². The van der Waals surface area contributed by atoms with Gasteiger partial charge in [0.25, 0.3) is 0 Å². The number of morpholine rings is 1. The number of nitrogens with zero attached hydrogens (tertiary/aromatic N) is 1. The number of fused-ring (bicyclic) bond motifs is 1. The molecule has 3 heteroatoms. The first kappa shape index (κ1) is 14.8. The summed E-state index contributed by atoms with van der Waals surface area (Å²) in [7, 11) is 0. The van der Waals surface area contributed by atoms with Crippen molar-refractivity contribution in [3.05, 3.63) is 0 Å². The Morgan fingerprint density at radius 3 is 2.70 bits per heavy atom. The lowest BCUT2D eigenvalue weighted by atomic mass is 9.80. The predicted octanol–water partition coefficient (Wildman–Crippen LogP) is 2.65. The van der Waals surface area contributed by atoms with Gasteiger partial charge >= 0.3 is 0 Å². The third-order valence-corrected chi connectivity index (χ3v) is 5.81. The summed E-state index contributed by atoms with van der Waals surface area (Å²) < 4.78 is 6.04. The number of hydrogen-bond acceptors (Lipinski definition) is 3. The average molecular weight is 280 g/mol. The van der Waals surface area contributed by atoms with Crippen LogP contribution in [0.5, 0.6) is 0 Å². The lowest BCUT2D eigenvalue weighted by Crippen LogP contribution is -2.50. The number of hydrogen-bond donors (Lipinski definition) is 1. The van der Waals surface area contributed by atoms with Crippen LogP contribution >= 0.6 is 0 Å². The molecule has 1 N–H and O–H groups in total. The highest BCUT2D eigenvalue weighted by Gasteiger charge is 2.32. The molecule has 0 aromatic carbocycles. The Morgan fingerprint density at radius 2 is 1.95 bits per heavy atom. The predicted molar refractivity (Wildman–Crippen MR) is 82.9 cm³/mol. The highest BCUT2D eigenvalue weighted by molar-refractivity contribution is 4.87. The quantitative estimate of drug-likeness (QED) is 0.857. The van der Waals surface area contributed by atoms with Crippen LogP contribution in [-0.4, -0.2) is 49.3 Å². The van der Waals surface area contributed by atoms with Crippen LogP contribution in [0.1, 0.15) is 52.4 Å². The zero-order chi connectivity index (χ0) is 13.9. The summed E-state index contributed by atoms with van der Waals surface area (Å²) in [6, 6.07) is 1.47. The second-order valence-corrected chi connectivity index (χ2v) is 7.51. The van der Waals surface area contributed by atoms with Crippen LogP contribution in [0.2, 0.25) is 0 Å². The van der Waals surface area contributed by atoms with Crippen molar-refractivity contribution in [3.8, 4) is 0 Å². The standard InChI is InChI=1S/C17H32N2O/c1-13(2)14-5-7-15(8-6-14)18-10-17-11-19-9-3-4-16(19)12-20-17/h13-18H,3-12H2,1-2H3. The van der Waals surface area contributed by atoms with E-state index in [1.165, 1.54) is 45.1 Å². The Balaban J connectivity index is 1.36. The molecule has 1 aliphatic carbocycles. The van der Waals surface area contributed by atoms with Crippen molar-refractivity contribution >= 4 is 0 Å². The van der Waals surface area contributed by atoms with E-state index < -0.39 is 0 Å². The van der Waals surface area contributed by atoms with Gasteiger partial charge in [0.15, 0.2) is 0 Å². The van der Waals surface area contributed by atoms with E-state index in [0.717, 1.165) is 43.6 Å². The number of rotatable bonds is 4. The summed E-state index contributed by atoms with van der Waals surface area (Å²) in [6.07, 6.45) is 8.69. The van der Waals surface area contributed by atoms with E-state index in [4.69, 9.17) is 4.74 Å². The SMILES string of the molecule is CC(C)C1CCC(NCC2CN3CCCC3CO2)CC1. The summed E-state index contributed by atoms with van der Waals surface area (Å²) in [4.78, 5) is 2.64. The second kappa shape index (κ2) is 6.76. The van der Waals surface area contributed by atoms with Gasteiger partial charge in [-0.2, -0.15) is 0 Å². The number of nitrogens with one attached hydrogen (secondary N) is 1. The summed E-state index contributed by atoms with van der Waals surface area (Å²) in [5.74, 6) is 1.83. The Kier molecular flexibility index (Phi) is 5.00. The first-order valence-corrected chi connectivity index (χ1v) is 8.81. The van der Waals surface area contributed by atoms with Crippen molar-refractivity contribution in [2.75, 3.05) is 26.2 Å². The lowest BCUT2D eigenvalue weighted by Gasteiger charge is -2.37. The van der Waals surface area contributed by atoms with Crippen LogP contribution < -0.4 is 5.32 Å². The van der Waals surface area contributed by atoms with Crippen molar-refractivity contribution in [1.82, 2.24) is 10.2 Å². The summed E-state index contributed by atoms with van der Waals surface area (Å²) in [5.41, 5.74) is 0. The largest absolute Gasteiger partial charge is 0.374 e. The van der Waals surface area contributed by atoms with Crippen LogP contribution in [0.3, 0.4) is 0 Å². The van der Waals surface area contributed by atoms with Gasteiger partial charge in [0.1, 0.15) is 0 Å². The van der Waals surface area contributed by atoms with E-state index in [1.54, 1.807) is 0 Å². The molecule has 3 rings (SSSR count). The molecular formula is C17H32N2O. The average Bonchev–Trinajstić information content (AvgIpc) is 2.93. The van der Waals surface area contributed by atoms with Gasteiger partial charge in [-0.25, -0.2) is 0 Å². The van der Waals surface area contributed by atoms with Crippen LogP contribution in [0, 0.1) is 11.8 Å². The van der Waals surface area contributed by atoms with Gasteiger partial charge in [-0.05, 0) is 56.9 Å². The fraction of sp³-hybridized carbons (Fsp3) is 1.00. The molecule has 0 aromatic rings. The molecule has 0 bridgehead atoms. The molecule has 2 aliphatic heterocycles. The van der Waals surface area contributed by atoms with Gasteiger partial charge < -0.3 is 10.1 Å². The maximum Gasteiger partial charge on any atom is 0.0827 e. The van der Waals surface area contributed by atoms with Gasteiger partial charge in [0, 0.05) is 25.2 Å². The molecule has 0 spiro atoms. The summed E-state index contributed by atoms with van der Waals surface area (Å²) in [5, 5.41) is 3.78. The topological polar surface area (TPSA) is 24.5 Å². The number of ether oxygens (including phenoxy) is 1. The molecule has 3 aliphatic rings. The molecule has 20 heavy (non-hydrogen) atoms. The van der Waals surface area contributed by atoms with E-state index in [2.05, 4.69) is 24.1 Å². The smallest absolute Gasteiger partial charge is 0.0827 e. The molecule has 0 radical (unpaired) electrons.